The molecule has 0 aliphatic heterocycles. The number of benzene rings is 1. The van der Waals surface area contributed by atoms with Crippen LogP contribution in [-0.2, 0) is 6.42 Å². The molecule has 0 amide bonds. The Kier molecular flexibility index (Phi) is 4.32. The Morgan fingerprint density at radius 3 is 2.50 bits per heavy atom. The molecule has 0 radical (unpaired) electrons. The average Bonchev–Trinajstić information content (AvgIpc) is 2.16. The molecular weight excluding hydrogens is 201 g/mol. The molecule has 0 heterocycles. The lowest BCUT2D eigenvalue weighted by atomic mass is 10.1. The monoisotopic (exact) mass is 213 g/mol. The minimum absolute atomic E-state index is 0.0919. The molecule has 1 aromatic carbocycles. The number of nitrogens with two attached hydrogens (primary N) is 1. The van der Waals surface area contributed by atoms with E-state index in [1.165, 1.54) is 0 Å². The van der Waals surface area contributed by atoms with Gasteiger partial charge < -0.3 is 10.5 Å². The van der Waals surface area contributed by atoms with Crippen LogP contribution in [0, 0.1) is 0 Å². The summed E-state index contributed by atoms with van der Waals surface area (Å²) >= 11 is 4.78. The summed E-state index contributed by atoms with van der Waals surface area (Å²) < 4.78 is 16.8. The van der Waals surface area contributed by atoms with E-state index in [-0.39, 0.29) is 6.61 Å². The standard InChI is InChI=1S/C10H12FNOS/c11-5-6-13-9-3-1-8(2-4-9)7-10(12)14/h1-4H,5-7H2,(H2,12,14). The van der Waals surface area contributed by atoms with Crippen LogP contribution < -0.4 is 10.5 Å². The fourth-order valence-electron chi connectivity index (χ4n) is 1.06. The number of alkyl halides is 1. The van der Waals surface area contributed by atoms with Gasteiger partial charge in [0.15, 0.2) is 0 Å². The third-order valence-electron chi connectivity index (χ3n) is 1.65. The normalized spacial score (nSPS) is 9.79. The van der Waals surface area contributed by atoms with Crippen LogP contribution in [0.15, 0.2) is 24.3 Å². The topological polar surface area (TPSA) is 35.2 Å². The van der Waals surface area contributed by atoms with Crippen molar-refractivity contribution in [2.24, 2.45) is 5.73 Å². The quantitative estimate of drug-likeness (QED) is 0.758. The Morgan fingerprint density at radius 1 is 1.36 bits per heavy atom. The van der Waals surface area contributed by atoms with Gasteiger partial charge in [0, 0.05) is 6.42 Å². The Balaban J connectivity index is 2.54. The first-order valence-electron chi connectivity index (χ1n) is 4.28. The molecule has 0 saturated carbocycles. The van der Waals surface area contributed by atoms with Gasteiger partial charge in [0.05, 0.1) is 4.99 Å². The Hall–Kier alpha value is -1.16. The van der Waals surface area contributed by atoms with Crippen molar-refractivity contribution in [1.82, 2.24) is 0 Å². The van der Waals surface area contributed by atoms with Crippen LogP contribution in [-0.4, -0.2) is 18.3 Å². The second-order valence-corrected chi connectivity index (χ2v) is 3.35. The highest BCUT2D eigenvalue weighted by molar-refractivity contribution is 7.80. The summed E-state index contributed by atoms with van der Waals surface area (Å²) in [7, 11) is 0. The van der Waals surface area contributed by atoms with Crippen molar-refractivity contribution in [3.8, 4) is 5.75 Å². The molecule has 76 valence electrons. The lowest BCUT2D eigenvalue weighted by Gasteiger charge is -2.04. The molecule has 0 fully saturated rings. The molecule has 0 atom stereocenters. The number of thiocarbonyl (C=S) groups is 1. The maximum atomic E-state index is 11.8. The minimum Gasteiger partial charge on any atom is -0.491 e. The van der Waals surface area contributed by atoms with E-state index in [2.05, 4.69) is 0 Å². The zero-order valence-electron chi connectivity index (χ0n) is 7.70. The van der Waals surface area contributed by atoms with Crippen LogP contribution in [0.1, 0.15) is 5.56 Å². The largest absolute Gasteiger partial charge is 0.491 e. The maximum absolute atomic E-state index is 11.8. The summed E-state index contributed by atoms with van der Waals surface area (Å²) in [6, 6.07) is 7.30. The highest BCUT2D eigenvalue weighted by Crippen LogP contribution is 2.12. The Morgan fingerprint density at radius 2 is 2.00 bits per heavy atom. The molecule has 0 aliphatic carbocycles. The van der Waals surface area contributed by atoms with Crippen molar-refractivity contribution < 1.29 is 9.13 Å². The molecule has 2 nitrogen and oxygen atoms in total. The van der Waals surface area contributed by atoms with Crippen molar-refractivity contribution >= 4 is 17.2 Å². The van der Waals surface area contributed by atoms with Gasteiger partial charge in [0.25, 0.3) is 0 Å². The van der Waals surface area contributed by atoms with Gasteiger partial charge in [-0.3, -0.25) is 0 Å². The average molecular weight is 213 g/mol. The molecule has 0 spiro atoms. The smallest absolute Gasteiger partial charge is 0.123 e. The van der Waals surface area contributed by atoms with Gasteiger partial charge in [0.1, 0.15) is 19.0 Å². The van der Waals surface area contributed by atoms with Gasteiger partial charge in [-0.1, -0.05) is 24.4 Å². The zero-order chi connectivity index (χ0) is 10.4. The summed E-state index contributed by atoms with van der Waals surface area (Å²) in [5.41, 5.74) is 6.43. The van der Waals surface area contributed by atoms with Crippen LogP contribution in [0.4, 0.5) is 4.39 Å². The molecule has 0 aliphatic rings. The summed E-state index contributed by atoms with van der Waals surface area (Å²) in [5.74, 6) is 0.661. The van der Waals surface area contributed by atoms with Gasteiger partial charge in [-0.15, -0.1) is 0 Å². The zero-order valence-corrected chi connectivity index (χ0v) is 8.52. The second-order valence-electron chi connectivity index (χ2n) is 2.82. The highest BCUT2D eigenvalue weighted by Gasteiger charge is 1.96. The predicted octanol–water partition coefficient (Wildman–Crippen LogP) is 1.86. The van der Waals surface area contributed by atoms with E-state index >= 15 is 0 Å². The van der Waals surface area contributed by atoms with Gasteiger partial charge in [-0.2, -0.15) is 0 Å². The minimum atomic E-state index is -0.478. The van der Waals surface area contributed by atoms with Crippen LogP contribution in [0.2, 0.25) is 0 Å². The van der Waals surface area contributed by atoms with Crippen LogP contribution >= 0.6 is 12.2 Å². The van der Waals surface area contributed by atoms with E-state index in [1.54, 1.807) is 12.1 Å². The first-order valence-corrected chi connectivity index (χ1v) is 4.69. The maximum Gasteiger partial charge on any atom is 0.123 e. The van der Waals surface area contributed by atoms with E-state index in [0.29, 0.717) is 17.2 Å². The first-order chi connectivity index (χ1) is 6.72. The molecule has 0 unspecified atom stereocenters. The molecule has 14 heavy (non-hydrogen) atoms. The van der Waals surface area contributed by atoms with Gasteiger partial charge in [0.2, 0.25) is 0 Å². The van der Waals surface area contributed by atoms with Gasteiger partial charge >= 0.3 is 0 Å². The van der Waals surface area contributed by atoms with Crippen LogP contribution in [0.5, 0.6) is 5.75 Å². The van der Waals surface area contributed by atoms with Crippen molar-refractivity contribution in [2.75, 3.05) is 13.3 Å². The summed E-state index contributed by atoms with van der Waals surface area (Å²) in [6.45, 7) is -0.386. The highest BCUT2D eigenvalue weighted by atomic mass is 32.1. The summed E-state index contributed by atoms with van der Waals surface area (Å²) in [6.07, 6.45) is 0.582. The van der Waals surface area contributed by atoms with Crippen LogP contribution in [0.25, 0.3) is 0 Å². The van der Waals surface area contributed by atoms with Crippen LogP contribution in [0.3, 0.4) is 0 Å². The fourth-order valence-corrected chi connectivity index (χ4v) is 1.23. The van der Waals surface area contributed by atoms with E-state index < -0.39 is 6.67 Å². The lowest BCUT2D eigenvalue weighted by molar-refractivity contribution is 0.273. The molecule has 1 aromatic rings. The molecule has 4 heteroatoms. The van der Waals surface area contributed by atoms with Crippen molar-refractivity contribution in [3.63, 3.8) is 0 Å². The lowest BCUT2D eigenvalue weighted by Crippen LogP contribution is -2.10. The third kappa shape index (κ3) is 3.70. The van der Waals surface area contributed by atoms with E-state index in [4.69, 9.17) is 22.7 Å². The van der Waals surface area contributed by atoms with Crippen molar-refractivity contribution in [2.45, 2.75) is 6.42 Å². The summed E-state index contributed by atoms with van der Waals surface area (Å²) in [5, 5.41) is 0. The number of halogens is 1. The van der Waals surface area contributed by atoms with Crippen molar-refractivity contribution in [1.29, 1.82) is 0 Å². The first kappa shape index (κ1) is 10.9. The van der Waals surface area contributed by atoms with E-state index in [9.17, 15) is 4.39 Å². The van der Waals surface area contributed by atoms with Gasteiger partial charge in [-0.05, 0) is 17.7 Å². The number of ether oxygens (including phenoxy) is 1. The van der Waals surface area contributed by atoms with E-state index in [0.717, 1.165) is 5.56 Å². The Bertz CT molecular complexity index is 299. The molecule has 1 rings (SSSR count). The molecular formula is C10H12FNOS. The Labute approximate surface area is 87.9 Å². The SMILES string of the molecule is NC(=S)Cc1ccc(OCCF)cc1. The molecule has 0 saturated heterocycles. The summed E-state index contributed by atoms with van der Waals surface area (Å²) in [4.78, 5) is 0.461. The van der Waals surface area contributed by atoms with Gasteiger partial charge in [-0.25, -0.2) is 4.39 Å². The predicted molar refractivity (Wildman–Crippen MR) is 58.4 cm³/mol. The molecule has 2 N–H and O–H groups in total. The second kappa shape index (κ2) is 5.54. The van der Waals surface area contributed by atoms with Crippen molar-refractivity contribution in [3.05, 3.63) is 29.8 Å². The number of hydrogen-bond acceptors (Lipinski definition) is 2. The number of rotatable bonds is 5. The number of hydrogen-bond donors (Lipinski definition) is 1. The molecule has 0 bridgehead atoms. The third-order valence-corrected chi connectivity index (χ3v) is 1.79. The van der Waals surface area contributed by atoms with E-state index in [1.807, 2.05) is 12.1 Å². The fraction of sp³-hybridized carbons (Fsp3) is 0.300. The molecule has 0 aromatic heterocycles.